The zero-order valence-electron chi connectivity index (χ0n) is 10.2. The summed E-state index contributed by atoms with van der Waals surface area (Å²) in [7, 11) is 1.97. The van der Waals surface area contributed by atoms with Crippen molar-refractivity contribution < 1.29 is 0 Å². The number of hydrogen-bond donors (Lipinski definition) is 1. The van der Waals surface area contributed by atoms with Crippen molar-refractivity contribution >= 4 is 0 Å². The van der Waals surface area contributed by atoms with Gasteiger partial charge in [0.05, 0.1) is 0 Å². The van der Waals surface area contributed by atoms with E-state index in [0.717, 1.165) is 11.4 Å². The zero-order valence-corrected chi connectivity index (χ0v) is 10.2. The first kappa shape index (κ1) is 13.1. The van der Waals surface area contributed by atoms with Gasteiger partial charge < -0.3 is 5.32 Å². The fraction of sp³-hybridized carbons (Fsp3) is 0.583. The van der Waals surface area contributed by atoms with Crippen LogP contribution in [0.5, 0.6) is 0 Å². The number of rotatable bonds is 2. The monoisotopic (exact) mass is 194 g/mol. The predicted octanol–water partition coefficient (Wildman–Crippen LogP) is 3.01. The highest BCUT2D eigenvalue weighted by Gasteiger charge is 2.03. The Labute approximate surface area is 87.8 Å². The molecule has 0 aromatic carbocycles. The maximum atomic E-state index is 4.32. The fourth-order valence-corrected chi connectivity index (χ4v) is 1.28. The number of hydrogen-bond acceptors (Lipinski definition) is 2. The van der Waals surface area contributed by atoms with E-state index in [1.807, 2.05) is 34.7 Å². The van der Waals surface area contributed by atoms with Crippen LogP contribution in [0.25, 0.3) is 0 Å². The lowest BCUT2D eigenvalue weighted by atomic mass is 10.1. The summed E-state index contributed by atoms with van der Waals surface area (Å²) in [4.78, 5) is 4.32. The molecule has 0 saturated heterocycles. The lowest BCUT2D eigenvalue weighted by Crippen LogP contribution is -2.12. The van der Waals surface area contributed by atoms with Crippen LogP contribution in [-0.2, 0) is 0 Å². The highest BCUT2D eigenvalue weighted by molar-refractivity contribution is 5.22. The van der Waals surface area contributed by atoms with E-state index in [4.69, 9.17) is 0 Å². The molecule has 2 nitrogen and oxygen atoms in total. The zero-order chi connectivity index (χ0) is 11.1. The third-order valence-corrected chi connectivity index (χ3v) is 2.04. The average Bonchev–Trinajstić information content (AvgIpc) is 2.18. The van der Waals surface area contributed by atoms with Crippen LogP contribution in [0.4, 0.5) is 0 Å². The summed E-state index contributed by atoms with van der Waals surface area (Å²) >= 11 is 0. The highest BCUT2D eigenvalue weighted by Crippen LogP contribution is 2.13. The van der Waals surface area contributed by atoms with Crippen LogP contribution in [0, 0.1) is 13.8 Å². The second kappa shape index (κ2) is 6.55. The Hall–Kier alpha value is -0.890. The molecule has 80 valence electrons. The Morgan fingerprint density at radius 3 is 1.93 bits per heavy atom. The molecule has 0 saturated carbocycles. The minimum atomic E-state index is 0.408. The molecule has 0 radical (unpaired) electrons. The predicted molar refractivity (Wildman–Crippen MR) is 62.5 cm³/mol. The van der Waals surface area contributed by atoms with Crippen molar-refractivity contribution in [2.24, 2.45) is 0 Å². The van der Waals surface area contributed by atoms with Crippen molar-refractivity contribution in [2.45, 2.75) is 40.7 Å². The van der Waals surface area contributed by atoms with Gasteiger partial charge in [-0.1, -0.05) is 13.8 Å². The van der Waals surface area contributed by atoms with Crippen LogP contribution in [0.1, 0.15) is 43.8 Å². The Morgan fingerprint density at radius 1 is 1.14 bits per heavy atom. The second-order valence-electron chi connectivity index (χ2n) is 3.19. The normalized spacial score (nSPS) is 11.6. The smallest absolute Gasteiger partial charge is 0.0379 e. The summed E-state index contributed by atoms with van der Waals surface area (Å²) < 4.78 is 0. The van der Waals surface area contributed by atoms with E-state index in [1.54, 1.807) is 0 Å². The van der Waals surface area contributed by atoms with Gasteiger partial charge in [-0.05, 0) is 45.5 Å². The number of aryl methyl sites for hydroxylation is 2. The van der Waals surface area contributed by atoms with Crippen molar-refractivity contribution in [3.8, 4) is 0 Å². The Bertz CT molecular complexity index is 249. The first-order valence-corrected chi connectivity index (χ1v) is 5.26. The third kappa shape index (κ3) is 3.88. The number of nitrogens with one attached hydrogen (secondary N) is 1. The summed E-state index contributed by atoms with van der Waals surface area (Å²) in [6.07, 6.45) is 0. The fourth-order valence-electron chi connectivity index (χ4n) is 1.28. The van der Waals surface area contributed by atoms with E-state index in [-0.39, 0.29) is 0 Å². The molecule has 0 spiro atoms. The van der Waals surface area contributed by atoms with Gasteiger partial charge in [0.15, 0.2) is 0 Å². The molecule has 1 heterocycles. The lowest BCUT2D eigenvalue weighted by Gasteiger charge is -2.11. The van der Waals surface area contributed by atoms with Crippen LogP contribution >= 0.6 is 0 Å². The van der Waals surface area contributed by atoms with E-state index in [2.05, 4.69) is 29.4 Å². The van der Waals surface area contributed by atoms with E-state index in [1.165, 1.54) is 5.56 Å². The largest absolute Gasteiger partial charge is 0.313 e. The van der Waals surface area contributed by atoms with Gasteiger partial charge in [-0.15, -0.1) is 0 Å². The minimum Gasteiger partial charge on any atom is -0.313 e. The summed E-state index contributed by atoms with van der Waals surface area (Å²) in [6.45, 7) is 10.2. The van der Waals surface area contributed by atoms with Crippen molar-refractivity contribution in [2.75, 3.05) is 7.05 Å². The molecule has 1 atom stereocenters. The Morgan fingerprint density at radius 2 is 1.57 bits per heavy atom. The third-order valence-electron chi connectivity index (χ3n) is 2.04. The van der Waals surface area contributed by atoms with Crippen molar-refractivity contribution in [1.29, 1.82) is 0 Å². The van der Waals surface area contributed by atoms with E-state index in [9.17, 15) is 0 Å². The summed E-state index contributed by atoms with van der Waals surface area (Å²) in [5.41, 5.74) is 3.49. The van der Waals surface area contributed by atoms with Crippen molar-refractivity contribution in [1.82, 2.24) is 10.3 Å². The standard InChI is InChI=1S/C10H16N2.C2H6/c1-7-5-10(9(3)11-4)6-8(2)12-7;1-2/h5-6,9,11H,1-4H3;1-2H3. The molecule has 0 aliphatic carbocycles. The minimum absolute atomic E-state index is 0.408. The van der Waals surface area contributed by atoms with Crippen LogP contribution < -0.4 is 5.32 Å². The van der Waals surface area contributed by atoms with E-state index < -0.39 is 0 Å². The molecule has 1 N–H and O–H groups in total. The molecule has 2 heteroatoms. The summed E-state index contributed by atoms with van der Waals surface area (Å²) in [6, 6.07) is 4.65. The van der Waals surface area contributed by atoms with Crippen LogP contribution in [0.15, 0.2) is 12.1 Å². The molecule has 1 unspecified atom stereocenters. The molecule has 0 bridgehead atoms. The van der Waals surface area contributed by atoms with Gasteiger partial charge >= 0.3 is 0 Å². The molecule has 1 aromatic heterocycles. The number of pyridine rings is 1. The SMILES string of the molecule is CC.CNC(C)c1cc(C)nc(C)c1. The maximum absolute atomic E-state index is 4.32. The Balaban J connectivity index is 0.000000791. The lowest BCUT2D eigenvalue weighted by molar-refractivity contribution is 0.649. The second-order valence-corrected chi connectivity index (χ2v) is 3.19. The van der Waals surface area contributed by atoms with Gasteiger partial charge in [0.1, 0.15) is 0 Å². The molecule has 0 aliphatic heterocycles. The van der Waals surface area contributed by atoms with Gasteiger partial charge in [-0.25, -0.2) is 0 Å². The molecule has 1 aromatic rings. The topological polar surface area (TPSA) is 24.9 Å². The van der Waals surface area contributed by atoms with Gasteiger partial charge in [-0.2, -0.15) is 0 Å². The van der Waals surface area contributed by atoms with Crippen LogP contribution in [0.2, 0.25) is 0 Å². The molecule has 0 aliphatic rings. The molecular formula is C12H22N2. The average molecular weight is 194 g/mol. The first-order chi connectivity index (χ1) is 6.63. The summed E-state index contributed by atoms with van der Waals surface area (Å²) in [5, 5.41) is 3.21. The maximum Gasteiger partial charge on any atom is 0.0379 e. The highest BCUT2D eigenvalue weighted by atomic mass is 14.9. The van der Waals surface area contributed by atoms with Crippen molar-refractivity contribution in [3.05, 3.63) is 29.1 Å². The van der Waals surface area contributed by atoms with Gasteiger partial charge in [0.25, 0.3) is 0 Å². The van der Waals surface area contributed by atoms with Crippen LogP contribution in [-0.4, -0.2) is 12.0 Å². The first-order valence-electron chi connectivity index (χ1n) is 5.26. The molecule has 14 heavy (non-hydrogen) atoms. The van der Waals surface area contributed by atoms with Gasteiger partial charge in [0.2, 0.25) is 0 Å². The van der Waals surface area contributed by atoms with Crippen molar-refractivity contribution in [3.63, 3.8) is 0 Å². The molecule has 1 rings (SSSR count). The van der Waals surface area contributed by atoms with Gasteiger partial charge in [-0.3, -0.25) is 4.98 Å². The molecule has 0 fully saturated rings. The number of aromatic nitrogens is 1. The molecule has 0 amide bonds. The van der Waals surface area contributed by atoms with Crippen LogP contribution in [0.3, 0.4) is 0 Å². The number of nitrogens with zero attached hydrogens (tertiary/aromatic N) is 1. The van der Waals surface area contributed by atoms with Gasteiger partial charge in [0, 0.05) is 17.4 Å². The quantitative estimate of drug-likeness (QED) is 0.783. The molecular weight excluding hydrogens is 172 g/mol. The van der Waals surface area contributed by atoms with E-state index in [0.29, 0.717) is 6.04 Å². The Kier molecular flexibility index (Phi) is 6.13. The van der Waals surface area contributed by atoms with E-state index >= 15 is 0 Å². The summed E-state index contributed by atoms with van der Waals surface area (Å²) in [5.74, 6) is 0.